The van der Waals surface area contributed by atoms with Gasteiger partial charge in [0.15, 0.2) is 5.79 Å². The Bertz CT molecular complexity index is 647. The first kappa shape index (κ1) is 16.8. The van der Waals surface area contributed by atoms with Crippen LogP contribution in [0.15, 0.2) is 18.2 Å². The van der Waals surface area contributed by atoms with Gasteiger partial charge in [0.1, 0.15) is 17.7 Å². The lowest BCUT2D eigenvalue weighted by Crippen LogP contribution is -2.40. The Labute approximate surface area is 137 Å². The molecule has 2 fully saturated rings. The highest BCUT2D eigenvalue weighted by Gasteiger charge is 2.43. The van der Waals surface area contributed by atoms with Crippen LogP contribution in [0.5, 0.6) is 0 Å². The molecule has 0 radical (unpaired) electrons. The van der Waals surface area contributed by atoms with E-state index in [0.29, 0.717) is 12.7 Å². The standard InChI is InChI=1S/C16H18F2N2O4/c17-10-3-4-13(12(18)7-10)20-15(22)14(21)19-8-11-9-23-16(24-11)5-1-2-6-16/h3-4,7,11H,1-2,5-6,8-9H2,(H,19,21)(H,20,22). The van der Waals surface area contributed by atoms with E-state index in [9.17, 15) is 18.4 Å². The van der Waals surface area contributed by atoms with Gasteiger partial charge in [0, 0.05) is 25.5 Å². The number of hydrogen-bond acceptors (Lipinski definition) is 4. The van der Waals surface area contributed by atoms with E-state index >= 15 is 0 Å². The largest absolute Gasteiger partial charge is 0.347 e. The number of rotatable bonds is 3. The summed E-state index contributed by atoms with van der Waals surface area (Å²) >= 11 is 0. The maximum atomic E-state index is 13.5. The summed E-state index contributed by atoms with van der Waals surface area (Å²) in [5.41, 5.74) is -0.262. The van der Waals surface area contributed by atoms with E-state index < -0.39 is 29.2 Å². The molecule has 2 N–H and O–H groups in total. The maximum Gasteiger partial charge on any atom is 0.313 e. The minimum atomic E-state index is -1.03. The number of anilines is 1. The van der Waals surface area contributed by atoms with Gasteiger partial charge in [-0.2, -0.15) is 0 Å². The van der Waals surface area contributed by atoms with Crippen LogP contribution < -0.4 is 10.6 Å². The molecule has 8 heteroatoms. The monoisotopic (exact) mass is 340 g/mol. The van der Waals surface area contributed by atoms with Crippen molar-refractivity contribution in [3.05, 3.63) is 29.8 Å². The average Bonchev–Trinajstić information content (AvgIpc) is 3.18. The second-order valence-corrected chi connectivity index (χ2v) is 5.96. The summed E-state index contributed by atoms with van der Waals surface area (Å²) in [7, 11) is 0. The van der Waals surface area contributed by atoms with E-state index in [1.165, 1.54) is 0 Å². The molecule has 1 aliphatic carbocycles. The molecule has 3 rings (SSSR count). The zero-order valence-electron chi connectivity index (χ0n) is 12.9. The lowest BCUT2D eigenvalue weighted by Gasteiger charge is -2.21. The van der Waals surface area contributed by atoms with Gasteiger partial charge in [-0.1, -0.05) is 0 Å². The van der Waals surface area contributed by atoms with E-state index in [4.69, 9.17) is 9.47 Å². The number of carbonyl (C=O) groups is 2. The molecule has 1 heterocycles. The number of amides is 2. The van der Waals surface area contributed by atoms with Crippen molar-refractivity contribution in [2.75, 3.05) is 18.5 Å². The predicted molar refractivity (Wildman–Crippen MR) is 80.0 cm³/mol. The van der Waals surface area contributed by atoms with Crippen molar-refractivity contribution in [1.82, 2.24) is 5.32 Å². The lowest BCUT2D eigenvalue weighted by molar-refractivity contribution is -0.161. The second-order valence-electron chi connectivity index (χ2n) is 5.96. The summed E-state index contributed by atoms with van der Waals surface area (Å²) in [5, 5.41) is 4.53. The molecule has 1 saturated carbocycles. The molecule has 2 aliphatic rings. The number of ether oxygens (including phenoxy) is 2. The van der Waals surface area contributed by atoms with Crippen LogP contribution in [0.2, 0.25) is 0 Å². The molecule has 1 aromatic rings. The molecule has 6 nitrogen and oxygen atoms in total. The Morgan fingerprint density at radius 1 is 1.21 bits per heavy atom. The molecule has 0 aromatic heterocycles. The summed E-state index contributed by atoms with van der Waals surface area (Å²) in [6.45, 7) is 0.481. The Hall–Kier alpha value is -2.06. The summed E-state index contributed by atoms with van der Waals surface area (Å²) in [5.74, 6) is -4.21. The SMILES string of the molecule is O=C(NCC1COC2(CCCC2)O1)C(=O)Nc1ccc(F)cc1F. The average molecular weight is 340 g/mol. The maximum absolute atomic E-state index is 13.5. The molecule has 1 saturated heterocycles. The van der Waals surface area contributed by atoms with Crippen molar-refractivity contribution in [3.63, 3.8) is 0 Å². The van der Waals surface area contributed by atoms with Crippen LogP contribution in [0.3, 0.4) is 0 Å². The van der Waals surface area contributed by atoms with Gasteiger partial charge in [-0.3, -0.25) is 9.59 Å². The third-order valence-corrected chi connectivity index (χ3v) is 4.15. The van der Waals surface area contributed by atoms with Crippen molar-refractivity contribution in [2.24, 2.45) is 0 Å². The summed E-state index contributed by atoms with van der Waals surface area (Å²) in [4.78, 5) is 23.5. The molecule has 1 aliphatic heterocycles. The molecular formula is C16H18F2N2O4. The van der Waals surface area contributed by atoms with Crippen molar-refractivity contribution in [2.45, 2.75) is 37.6 Å². The zero-order valence-corrected chi connectivity index (χ0v) is 12.9. The molecule has 130 valence electrons. The molecule has 1 atom stereocenters. The van der Waals surface area contributed by atoms with Crippen molar-refractivity contribution in [3.8, 4) is 0 Å². The van der Waals surface area contributed by atoms with Crippen LogP contribution in [0.25, 0.3) is 0 Å². The van der Waals surface area contributed by atoms with E-state index in [0.717, 1.165) is 37.8 Å². The van der Waals surface area contributed by atoms with Crippen LogP contribution in [0.4, 0.5) is 14.5 Å². The van der Waals surface area contributed by atoms with Gasteiger partial charge in [-0.05, 0) is 25.0 Å². The lowest BCUT2D eigenvalue weighted by atomic mass is 10.2. The fourth-order valence-electron chi connectivity index (χ4n) is 2.95. The minimum Gasteiger partial charge on any atom is -0.347 e. The van der Waals surface area contributed by atoms with Gasteiger partial charge >= 0.3 is 11.8 Å². The quantitative estimate of drug-likeness (QED) is 0.821. The van der Waals surface area contributed by atoms with Gasteiger partial charge in [-0.25, -0.2) is 8.78 Å². The van der Waals surface area contributed by atoms with Gasteiger partial charge in [0.05, 0.1) is 12.3 Å². The highest BCUT2D eigenvalue weighted by Crippen LogP contribution is 2.38. The van der Waals surface area contributed by atoms with Crippen molar-refractivity contribution < 1.29 is 27.8 Å². The first-order valence-electron chi connectivity index (χ1n) is 7.83. The van der Waals surface area contributed by atoms with Crippen LogP contribution >= 0.6 is 0 Å². The molecule has 1 aromatic carbocycles. The minimum absolute atomic E-state index is 0.125. The van der Waals surface area contributed by atoms with E-state index in [1.807, 2.05) is 0 Å². The third kappa shape index (κ3) is 3.70. The predicted octanol–water partition coefficient (Wildman–Crippen LogP) is 1.71. The van der Waals surface area contributed by atoms with Gasteiger partial charge in [0.2, 0.25) is 0 Å². The summed E-state index contributed by atoms with van der Waals surface area (Å²) in [6, 6.07) is 2.66. The van der Waals surface area contributed by atoms with Gasteiger partial charge < -0.3 is 20.1 Å². The van der Waals surface area contributed by atoms with E-state index in [-0.39, 0.29) is 18.3 Å². The van der Waals surface area contributed by atoms with Crippen LogP contribution in [-0.4, -0.2) is 36.9 Å². The van der Waals surface area contributed by atoms with E-state index in [1.54, 1.807) is 0 Å². The van der Waals surface area contributed by atoms with E-state index in [2.05, 4.69) is 10.6 Å². The number of halogens is 2. The smallest absolute Gasteiger partial charge is 0.313 e. The first-order chi connectivity index (χ1) is 11.5. The summed E-state index contributed by atoms with van der Waals surface area (Å²) in [6.07, 6.45) is 3.45. The normalized spacial score (nSPS) is 21.8. The summed E-state index contributed by atoms with van der Waals surface area (Å²) < 4.78 is 37.7. The Kier molecular flexibility index (Phi) is 4.77. The Morgan fingerprint density at radius 3 is 2.67 bits per heavy atom. The van der Waals surface area contributed by atoms with Crippen molar-refractivity contribution in [1.29, 1.82) is 0 Å². The van der Waals surface area contributed by atoms with Gasteiger partial charge in [0.25, 0.3) is 0 Å². The Balaban J connectivity index is 1.47. The Morgan fingerprint density at radius 2 is 1.96 bits per heavy atom. The molecular weight excluding hydrogens is 322 g/mol. The second kappa shape index (κ2) is 6.82. The number of nitrogens with one attached hydrogen (secondary N) is 2. The van der Waals surface area contributed by atoms with Crippen LogP contribution in [0.1, 0.15) is 25.7 Å². The number of hydrogen-bond donors (Lipinski definition) is 2. The topological polar surface area (TPSA) is 76.7 Å². The number of benzene rings is 1. The fraction of sp³-hybridized carbons (Fsp3) is 0.500. The van der Waals surface area contributed by atoms with Gasteiger partial charge in [-0.15, -0.1) is 0 Å². The number of carbonyl (C=O) groups excluding carboxylic acids is 2. The fourth-order valence-corrected chi connectivity index (χ4v) is 2.95. The van der Waals surface area contributed by atoms with Crippen LogP contribution in [-0.2, 0) is 19.1 Å². The molecule has 1 spiro atoms. The molecule has 24 heavy (non-hydrogen) atoms. The van der Waals surface area contributed by atoms with Crippen molar-refractivity contribution >= 4 is 17.5 Å². The van der Waals surface area contributed by atoms with Crippen LogP contribution in [0, 0.1) is 11.6 Å². The highest BCUT2D eigenvalue weighted by molar-refractivity contribution is 6.39. The first-order valence-corrected chi connectivity index (χ1v) is 7.83. The molecule has 2 amide bonds. The highest BCUT2D eigenvalue weighted by atomic mass is 19.1. The third-order valence-electron chi connectivity index (χ3n) is 4.15. The molecule has 0 bridgehead atoms. The zero-order chi connectivity index (χ0) is 17.2. The molecule has 1 unspecified atom stereocenters.